The van der Waals surface area contributed by atoms with Crippen molar-refractivity contribution in [3.8, 4) is 5.75 Å². The van der Waals surface area contributed by atoms with Crippen LogP contribution in [0.2, 0.25) is 0 Å². The first kappa shape index (κ1) is 15.6. The van der Waals surface area contributed by atoms with E-state index in [0.717, 1.165) is 0 Å². The fraction of sp³-hybridized carbons (Fsp3) is 0.500. The van der Waals surface area contributed by atoms with Crippen LogP contribution in [0.5, 0.6) is 5.75 Å². The zero-order valence-corrected chi connectivity index (χ0v) is 10.8. The Bertz CT molecular complexity index is 508. The van der Waals surface area contributed by atoms with Crippen molar-refractivity contribution in [3.05, 3.63) is 34.4 Å². The normalized spacial score (nSPS) is 32.7. The molecule has 1 aliphatic heterocycles. The molecule has 5 atom stereocenters. The summed E-state index contributed by atoms with van der Waals surface area (Å²) < 4.78 is 10.3. The Morgan fingerprint density at radius 2 is 1.86 bits per heavy atom. The SMILES string of the molecule is O=[N+]([O-])c1ccccc1O[C@@H]1O[C@@H](CO)[C@@H](O)[C@H](O)[C@@H]1O. The molecule has 1 fully saturated rings. The van der Waals surface area contributed by atoms with Gasteiger partial charge in [-0.2, -0.15) is 0 Å². The summed E-state index contributed by atoms with van der Waals surface area (Å²) in [7, 11) is 0. The van der Waals surface area contributed by atoms with Crippen molar-refractivity contribution < 1.29 is 34.8 Å². The van der Waals surface area contributed by atoms with Gasteiger partial charge in [0.05, 0.1) is 11.5 Å². The Hall–Kier alpha value is -1.78. The molecule has 9 nitrogen and oxygen atoms in total. The van der Waals surface area contributed by atoms with Gasteiger partial charge in [-0.05, 0) is 6.07 Å². The van der Waals surface area contributed by atoms with Gasteiger partial charge >= 0.3 is 5.69 Å². The zero-order valence-electron chi connectivity index (χ0n) is 10.8. The van der Waals surface area contributed by atoms with Crippen molar-refractivity contribution in [2.75, 3.05) is 6.61 Å². The summed E-state index contributed by atoms with van der Waals surface area (Å²) in [5, 5.41) is 49.0. The van der Waals surface area contributed by atoms with Crippen LogP contribution >= 0.6 is 0 Å². The maximum Gasteiger partial charge on any atom is 0.311 e. The van der Waals surface area contributed by atoms with E-state index in [1.807, 2.05) is 0 Å². The number of ether oxygens (including phenoxy) is 2. The fourth-order valence-electron chi connectivity index (χ4n) is 2.00. The molecule has 0 spiro atoms. The van der Waals surface area contributed by atoms with Gasteiger partial charge in [-0.3, -0.25) is 10.1 Å². The lowest BCUT2D eigenvalue weighted by atomic mass is 9.99. The average molecular weight is 301 g/mol. The van der Waals surface area contributed by atoms with Crippen LogP contribution in [-0.2, 0) is 4.74 Å². The molecule has 9 heteroatoms. The lowest BCUT2D eigenvalue weighted by molar-refractivity contribution is -0.387. The molecule has 1 heterocycles. The number of benzene rings is 1. The molecule has 0 amide bonds. The van der Waals surface area contributed by atoms with Crippen molar-refractivity contribution in [3.63, 3.8) is 0 Å². The third-order valence-corrected chi connectivity index (χ3v) is 3.15. The number of nitro groups is 1. The predicted molar refractivity (Wildman–Crippen MR) is 67.5 cm³/mol. The van der Waals surface area contributed by atoms with Crippen molar-refractivity contribution in [2.24, 2.45) is 0 Å². The molecule has 1 aromatic carbocycles. The molecule has 0 unspecified atom stereocenters. The van der Waals surface area contributed by atoms with Crippen LogP contribution in [0.25, 0.3) is 0 Å². The smallest absolute Gasteiger partial charge is 0.311 e. The van der Waals surface area contributed by atoms with Gasteiger partial charge in [0, 0.05) is 6.07 Å². The van der Waals surface area contributed by atoms with E-state index in [4.69, 9.17) is 14.6 Å². The van der Waals surface area contributed by atoms with E-state index in [1.54, 1.807) is 0 Å². The maximum absolute atomic E-state index is 10.9. The molecular formula is C12H15NO8. The molecule has 0 saturated carbocycles. The average Bonchev–Trinajstić information content (AvgIpc) is 2.48. The summed E-state index contributed by atoms with van der Waals surface area (Å²) in [5.41, 5.74) is -0.338. The molecule has 2 rings (SSSR count). The number of aliphatic hydroxyl groups excluding tert-OH is 4. The van der Waals surface area contributed by atoms with Gasteiger partial charge in [0.25, 0.3) is 0 Å². The monoisotopic (exact) mass is 301 g/mol. The zero-order chi connectivity index (χ0) is 15.6. The van der Waals surface area contributed by atoms with Crippen LogP contribution in [0.4, 0.5) is 5.69 Å². The summed E-state index contributed by atoms with van der Waals surface area (Å²) in [4.78, 5) is 10.2. The summed E-state index contributed by atoms with van der Waals surface area (Å²) in [6.07, 6.45) is -7.35. The first-order valence-electron chi connectivity index (χ1n) is 6.16. The van der Waals surface area contributed by atoms with Gasteiger partial charge in [-0.15, -0.1) is 0 Å². The third kappa shape index (κ3) is 3.12. The molecule has 1 saturated heterocycles. The van der Waals surface area contributed by atoms with Crippen molar-refractivity contribution in [1.82, 2.24) is 0 Å². The van der Waals surface area contributed by atoms with Crippen LogP contribution in [0, 0.1) is 10.1 Å². The van der Waals surface area contributed by atoms with Gasteiger partial charge in [0.1, 0.15) is 24.4 Å². The Morgan fingerprint density at radius 3 is 2.48 bits per heavy atom. The van der Waals surface area contributed by atoms with E-state index in [-0.39, 0.29) is 11.4 Å². The second-order valence-electron chi connectivity index (χ2n) is 4.54. The highest BCUT2D eigenvalue weighted by Gasteiger charge is 2.45. The van der Waals surface area contributed by atoms with Gasteiger partial charge in [0.15, 0.2) is 5.75 Å². The van der Waals surface area contributed by atoms with Crippen molar-refractivity contribution in [2.45, 2.75) is 30.7 Å². The molecule has 0 aromatic heterocycles. The first-order chi connectivity index (χ1) is 9.95. The molecule has 0 radical (unpaired) electrons. The fourth-order valence-corrected chi connectivity index (χ4v) is 2.00. The number of para-hydroxylation sites is 2. The first-order valence-corrected chi connectivity index (χ1v) is 6.16. The Balaban J connectivity index is 2.20. The highest BCUT2D eigenvalue weighted by atomic mass is 16.7. The number of nitro benzene ring substituents is 1. The van der Waals surface area contributed by atoms with E-state index in [2.05, 4.69) is 0 Å². The second kappa shape index (κ2) is 6.33. The second-order valence-corrected chi connectivity index (χ2v) is 4.54. The molecule has 1 aliphatic rings. The lowest BCUT2D eigenvalue weighted by Crippen LogP contribution is -2.60. The lowest BCUT2D eigenvalue weighted by Gasteiger charge is -2.39. The topological polar surface area (TPSA) is 143 Å². The maximum atomic E-state index is 10.9. The standard InChI is InChI=1S/C12H15NO8/c14-5-8-9(15)10(16)11(17)12(21-8)20-7-4-2-1-3-6(7)13(18)19/h1-4,8-12,14-17H,5H2/t8-,9+,10-,11-,12+/m0/s1. The Morgan fingerprint density at radius 1 is 1.19 bits per heavy atom. The molecule has 1 aromatic rings. The summed E-state index contributed by atoms with van der Waals surface area (Å²) in [5.74, 6) is -0.160. The van der Waals surface area contributed by atoms with E-state index in [9.17, 15) is 25.4 Å². The summed E-state index contributed by atoms with van der Waals surface area (Å²) in [6, 6.07) is 5.45. The third-order valence-electron chi connectivity index (χ3n) is 3.15. The van der Waals surface area contributed by atoms with Crippen LogP contribution in [-0.4, -0.2) is 62.7 Å². The van der Waals surface area contributed by atoms with Crippen molar-refractivity contribution in [1.29, 1.82) is 0 Å². The summed E-state index contributed by atoms with van der Waals surface area (Å²) in [6.45, 7) is -0.609. The molecule has 21 heavy (non-hydrogen) atoms. The van der Waals surface area contributed by atoms with Gasteiger partial charge < -0.3 is 29.9 Å². The van der Waals surface area contributed by atoms with Crippen LogP contribution in [0.3, 0.4) is 0 Å². The van der Waals surface area contributed by atoms with E-state index >= 15 is 0 Å². The largest absolute Gasteiger partial charge is 0.455 e. The highest BCUT2D eigenvalue weighted by molar-refractivity contribution is 5.45. The van der Waals surface area contributed by atoms with Gasteiger partial charge in [-0.25, -0.2) is 0 Å². The predicted octanol–water partition coefficient (Wildman–Crippen LogP) is -1.23. The van der Waals surface area contributed by atoms with Gasteiger partial charge in [0.2, 0.25) is 6.29 Å². The van der Waals surface area contributed by atoms with Gasteiger partial charge in [-0.1, -0.05) is 12.1 Å². The Kier molecular flexibility index (Phi) is 4.70. The number of rotatable bonds is 4. The highest BCUT2D eigenvalue weighted by Crippen LogP contribution is 2.30. The van der Waals surface area contributed by atoms with Crippen molar-refractivity contribution >= 4 is 5.69 Å². The van der Waals surface area contributed by atoms with E-state index in [0.29, 0.717) is 0 Å². The molecular weight excluding hydrogens is 286 g/mol. The number of hydrogen-bond donors (Lipinski definition) is 4. The van der Waals surface area contributed by atoms with Crippen LogP contribution < -0.4 is 4.74 Å². The summed E-state index contributed by atoms with van der Waals surface area (Å²) >= 11 is 0. The van der Waals surface area contributed by atoms with Crippen LogP contribution in [0.15, 0.2) is 24.3 Å². The minimum atomic E-state index is -1.62. The quantitative estimate of drug-likeness (QED) is 0.400. The minimum absolute atomic E-state index is 0.160. The van der Waals surface area contributed by atoms with E-state index in [1.165, 1.54) is 24.3 Å². The molecule has 0 bridgehead atoms. The van der Waals surface area contributed by atoms with Crippen LogP contribution in [0.1, 0.15) is 0 Å². The number of nitrogens with zero attached hydrogens (tertiary/aromatic N) is 1. The number of hydrogen-bond acceptors (Lipinski definition) is 8. The molecule has 116 valence electrons. The molecule has 0 aliphatic carbocycles. The van der Waals surface area contributed by atoms with E-state index < -0.39 is 42.2 Å². The molecule has 4 N–H and O–H groups in total. The minimum Gasteiger partial charge on any atom is -0.455 e. The Labute approximate surface area is 119 Å². The number of aliphatic hydroxyl groups is 4.